The standard InChI is InChI=1S/C19H31NO3S2/c1-15-14-20(17(22)23-18(2,3)4)10-7-16(15)6-8-19(9-11-21)24-12-5-13-25-19/h11,16H,1,5-10,12-14H2,2-4H3. The van der Waals surface area contributed by atoms with Gasteiger partial charge in [0, 0.05) is 19.5 Å². The Morgan fingerprint density at radius 1 is 1.40 bits per heavy atom. The molecule has 1 amide bonds. The Morgan fingerprint density at radius 2 is 2.08 bits per heavy atom. The fourth-order valence-corrected chi connectivity index (χ4v) is 6.54. The van der Waals surface area contributed by atoms with Crippen molar-refractivity contribution in [1.82, 2.24) is 4.90 Å². The first-order valence-corrected chi connectivity index (χ1v) is 11.1. The third-order valence-electron chi connectivity index (χ3n) is 4.66. The number of carbonyl (C=O) groups excluding carboxylic acids is 2. The molecule has 6 heteroatoms. The van der Waals surface area contributed by atoms with Gasteiger partial charge in [-0.25, -0.2) is 4.79 Å². The van der Waals surface area contributed by atoms with Crippen molar-refractivity contribution < 1.29 is 14.3 Å². The number of nitrogens with zero attached hydrogens (tertiary/aromatic N) is 1. The van der Waals surface area contributed by atoms with Crippen molar-refractivity contribution >= 4 is 35.9 Å². The molecule has 0 aromatic carbocycles. The van der Waals surface area contributed by atoms with Gasteiger partial charge in [-0.15, -0.1) is 23.5 Å². The molecule has 1 unspecified atom stereocenters. The number of ether oxygens (including phenoxy) is 1. The van der Waals surface area contributed by atoms with E-state index >= 15 is 0 Å². The Balaban J connectivity index is 1.85. The summed E-state index contributed by atoms with van der Waals surface area (Å²) in [7, 11) is 0. The maximum atomic E-state index is 12.2. The zero-order chi connectivity index (χ0) is 18.5. The van der Waals surface area contributed by atoms with E-state index in [1.54, 1.807) is 4.90 Å². The summed E-state index contributed by atoms with van der Waals surface area (Å²) >= 11 is 3.91. The molecular formula is C19H31NO3S2. The number of carbonyl (C=O) groups is 2. The van der Waals surface area contributed by atoms with Crippen molar-refractivity contribution in [2.24, 2.45) is 5.92 Å². The van der Waals surface area contributed by atoms with Crippen LogP contribution in [0, 0.1) is 5.92 Å². The minimum atomic E-state index is -0.466. The van der Waals surface area contributed by atoms with Gasteiger partial charge in [0.1, 0.15) is 11.9 Å². The smallest absolute Gasteiger partial charge is 0.410 e. The normalized spacial score (nSPS) is 24.0. The molecule has 25 heavy (non-hydrogen) atoms. The molecule has 2 aliphatic rings. The SMILES string of the molecule is C=C1CN(C(=O)OC(C)(C)C)CCC1CCC1(CC=O)SCCCS1. The van der Waals surface area contributed by atoms with Gasteiger partial charge in [-0.05, 0) is 63.9 Å². The second-order valence-electron chi connectivity index (χ2n) is 7.92. The van der Waals surface area contributed by atoms with E-state index in [1.165, 1.54) is 6.42 Å². The Labute approximate surface area is 160 Å². The van der Waals surface area contributed by atoms with Crippen molar-refractivity contribution in [2.75, 3.05) is 24.6 Å². The summed E-state index contributed by atoms with van der Waals surface area (Å²) in [5, 5.41) is 0. The molecule has 0 aromatic heterocycles. The molecule has 2 saturated heterocycles. The van der Waals surface area contributed by atoms with Crippen molar-refractivity contribution in [2.45, 2.75) is 62.6 Å². The monoisotopic (exact) mass is 385 g/mol. The van der Waals surface area contributed by atoms with E-state index in [-0.39, 0.29) is 10.2 Å². The lowest BCUT2D eigenvalue weighted by Gasteiger charge is -2.38. The van der Waals surface area contributed by atoms with Gasteiger partial charge in [-0.1, -0.05) is 12.2 Å². The first kappa shape index (κ1) is 20.7. The third-order valence-corrected chi connectivity index (χ3v) is 8.14. The van der Waals surface area contributed by atoms with Crippen molar-refractivity contribution in [3.05, 3.63) is 12.2 Å². The summed E-state index contributed by atoms with van der Waals surface area (Å²) < 4.78 is 5.52. The molecule has 0 saturated carbocycles. The molecule has 1 atom stereocenters. The average Bonchev–Trinajstić information content (AvgIpc) is 2.53. The number of hydrogen-bond acceptors (Lipinski definition) is 5. The van der Waals surface area contributed by atoms with Gasteiger partial charge >= 0.3 is 6.09 Å². The van der Waals surface area contributed by atoms with Crippen molar-refractivity contribution in [3.63, 3.8) is 0 Å². The Kier molecular flexibility index (Phi) is 7.32. The molecule has 0 spiro atoms. The maximum Gasteiger partial charge on any atom is 0.410 e. The Bertz CT molecular complexity index is 495. The summed E-state index contributed by atoms with van der Waals surface area (Å²) in [5.41, 5.74) is 0.649. The molecule has 4 nitrogen and oxygen atoms in total. The third kappa shape index (κ3) is 6.24. The zero-order valence-corrected chi connectivity index (χ0v) is 17.3. The number of likely N-dealkylation sites (tertiary alicyclic amines) is 1. The maximum absolute atomic E-state index is 12.2. The highest BCUT2D eigenvalue weighted by Gasteiger charge is 2.35. The number of rotatable bonds is 5. The van der Waals surface area contributed by atoms with Crippen molar-refractivity contribution in [1.29, 1.82) is 0 Å². The average molecular weight is 386 g/mol. The van der Waals surface area contributed by atoms with Crippen LogP contribution in [-0.4, -0.2) is 51.6 Å². The number of thioether (sulfide) groups is 2. The number of amides is 1. The molecule has 0 aliphatic carbocycles. The van der Waals surface area contributed by atoms with E-state index in [9.17, 15) is 9.59 Å². The lowest BCUT2D eigenvalue weighted by Crippen LogP contribution is -2.42. The van der Waals surface area contributed by atoms with Crippen LogP contribution in [-0.2, 0) is 9.53 Å². The first-order valence-electron chi connectivity index (χ1n) is 9.12. The zero-order valence-electron chi connectivity index (χ0n) is 15.7. The molecule has 0 radical (unpaired) electrons. The van der Waals surface area contributed by atoms with E-state index in [0.29, 0.717) is 18.9 Å². The summed E-state index contributed by atoms with van der Waals surface area (Å²) in [4.78, 5) is 25.1. The van der Waals surface area contributed by atoms with Gasteiger partial charge in [-0.2, -0.15) is 0 Å². The highest BCUT2D eigenvalue weighted by Crippen LogP contribution is 2.48. The molecule has 0 bridgehead atoms. The van der Waals surface area contributed by atoms with Gasteiger partial charge < -0.3 is 14.4 Å². The molecule has 2 fully saturated rings. The molecule has 2 aliphatic heterocycles. The van der Waals surface area contributed by atoms with Gasteiger partial charge in [0.15, 0.2) is 0 Å². The van der Waals surface area contributed by atoms with Crippen LogP contribution in [0.1, 0.15) is 52.9 Å². The lowest BCUT2D eigenvalue weighted by atomic mass is 9.87. The largest absolute Gasteiger partial charge is 0.444 e. The van der Waals surface area contributed by atoms with E-state index < -0.39 is 5.60 Å². The fraction of sp³-hybridized carbons (Fsp3) is 0.789. The minimum Gasteiger partial charge on any atom is -0.444 e. The summed E-state index contributed by atoms with van der Waals surface area (Å²) in [6, 6.07) is 0. The fourth-order valence-electron chi connectivity index (χ4n) is 3.30. The van der Waals surface area contributed by atoms with E-state index in [2.05, 4.69) is 6.58 Å². The molecule has 0 N–H and O–H groups in total. The Morgan fingerprint density at radius 3 is 2.64 bits per heavy atom. The van der Waals surface area contributed by atoms with Gasteiger partial charge in [0.25, 0.3) is 0 Å². The van der Waals surface area contributed by atoms with Crippen LogP contribution < -0.4 is 0 Å². The molecular weight excluding hydrogens is 354 g/mol. The predicted molar refractivity (Wildman–Crippen MR) is 107 cm³/mol. The van der Waals surface area contributed by atoms with Crippen LogP contribution in [0.15, 0.2) is 12.2 Å². The number of piperidine rings is 1. The second kappa shape index (κ2) is 8.85. The van der Waals surface area contributed by atoms with E-state index in [0.717, 1.165) is 49.2 Å². The van der Waals surface area contributed by atoms with Crippen LogP contribution >= 0.6 is 23.5 Å². The summed E-state index contributed by atoms with van der Waals surface area (Å²) in [6.07, 6.45) is 5.72. The highest BCUT2D eigenvalue weighted by molar-refractivity contribution is 8.18. The molecule has 2 heterocycles. The molecule has 0 aromatic rings. The summed E-state index contributed by atoms with van der Waals surface area (Å²) in [5.74, 6) is 2.74. The topological polar surface area (TPSA) is 46.6 Å². The van der Waals surface area contributed by atoms with Gasteiger partial charge in [0.2, 0.25) is 0 Å². The number of hydrogen-bond donors (Lipinski definition) is 0. The van der Waals surface area contributed by atoms with E-state index in [1.807, 2.05) is 44.3 Å². The summed E-state index contributed by atoms with van der Waals surface area (Å²) in [6.45, 7) is 11.2. The minimum absolute atomic E-state index is 0.0581. The quantitative estimate of drug-likeness (QED) is 0.505. The van der Waals surface area contributed by atoms with Gasteiger partial charge in [0.05, 0.1) is 4.08 Å². The van der Waals surface area contributed by atoms with Crippen LogP contribution in [0.5, 0.6) is 0 Å². The second-order valence-corrected chi connectivity index (χ2v) is 11.1. The first-order chi connectivity index (χ1) is 11.7. The van der Waals surface area contributed by atoms with Gasteiger partial charge in [-0.3, -0.25) is 0 Å². The predicted octanol–water partition coefficient (Wildman–Crippen LogP) is 4.74. The van der Waals surface area contributed by atoms with Crippen molar-refractivity contribution in [3.8, 4) is 0 Å². The molecule has 2 rings (SSSR count). The Hall–Kier alpha value is -0.620. The molecule has 142 valence electrons. The van der Waals surface area contributed by atoms with Crippen LogP contribution in [0.3, 0.4) is 0 Å². The lowest BCUT2D eigenvalue weighted by molar-refractivity contribution is -0.108. The van der Waals surface area contributed by atoms with E-state index in [4.69, 9.17) is 4.74 Å². The highest BCUT2D eigenvalue weighted by atomic mass is 32.2. The van der Waals surface area contributed by atoms with Crippen LogP contribution in [0.4, 0.5) is 4.79 Å². The number of aldehydes is 1. The van der Waals surface area contributed by atoms with Crippen LogP contribution in [0.2, 0.25) is 0 Å². The van der Waals surface area contributed by atoms with Crippen LogP contribution in [0.25, 0.3) is 0 Å².